The average Bonchev–Trinajstić information content (AvgIpc) is 2.84. The van der Waals surface area contributed by atoms with Gasteiger partial charge in [0.25, 0.3) is 0 Å². The Balaban J connectivity index is 1.62. The topological polar surface area (TPSA) is 41.9 Å². The Kier molecular flexibility index (Phi) is 3.85. The maximum atomic E-state index is 10.4. The van der Waals surface area contributed by atoms with E-state index < -0.39 is 5.60 Å². The molecule has 20 heavy (non-hydrogen) atoms. The molecule has 110 valence electrons. The van der Waals surface area contributed by atoms with Gasteiger partial charge in [-0.15, -0.1) is 0 Å². The predicted molar refractivity (Wildman–Crippen MR) is 77.2 cm³/mol. The summed E-state index contributed by atoms with van der Waals surface area (Å²) < 4.78 is 11.1. The summed E-state index contributed by atoms with van der Waals surface area (Å²) in [6.07, 6.45) is 4.15. The number of rotatable bonds is 4. The van der Waals surface area contributed by atoms with Crippen LogP contribution in [0.1, 0.15) is 31.2 Å². The van der Waals surface area contributed by atoms with Crippen molar-refractivity contribution >= 4 is 0 Å². The largest absolute Gasteiger partial charge is 0.486 e. The first-order chi connectivity index (χ1) is 9.65. The van der Waals surface area contributed by atoms with Gasteiger partial charge >= 0.3 is 0 Å². The summed E-state index contributed by atoms with van der Waals surface area (Å²) in [6.45, 7) is 2.80. The monoisotopic (exact) mass is 277 g/mol. The van der Waals surface area contributed by atoms with Crippen LogP contribution in [0, 0.1) is 0 Å². The Morgan fingerprint density at radius 1 is 1.15 bits per heavy atom. The van der Waals surface area contributed by atoms with E-state index >= 15 is 0 Å². The maximum Gasteiger partial charge on any atom is 0.161 e. The summed E-state index contributed by atoms with van der Waals surface area (Å²) in [7, 11) is 2.06. The molecule has 4 heteroatoms. The van der Waals surface area contributed by atoms with Crippen molar-refractivity contribution in [1.29, 1.82) is 0 Å². The van der Waals surface area contributed by atoms with E-state index in [0.717, 1.165) is 50.3 Å². The highest BCUT2D eigenvalue weighted by Gasteiger charge is 2.32. The first kappa shape index (κ1) is 13.7. The average molecular weight is 277 g/mol. The first-order valence-corrected chi connectivity index (χ1v) is 7.44. The van der Waals surface area contributed by atoms with E-state index in [4.69, 9.17) is 9.47 Å². The third-order valence-electron chi connectivity index (χ3n) is 4.16. The Bertz CT molecular complexity index is 469. The second-order valence-electron chi connectivity index (χ2n) is 6.08. The van der Waals surface area contributed by atoms with Crippen LogP contribution in [0.5, 0.6) is 11.5 Å². The number of hydrogen-bond acceptors (Lipinski definition) is 4. The maximum absolute atomic E-state index is 10.4. The van der Waals surface area contributed by atoms with E-state index in [1.165, 1.54) is 5.56 Å². The van der Waals surface area contributed by atoms with E-state index in [1.54, 1.807) is 0 Å². The molecular formula is C16H23NO3. The zero-order valence-corrected chi connectivity index (χ0v) is 12.1. The smallest absolute Gasteiger partial charge is 0.161 e. The first-order valence-electron chi connectivity index (χ1n) is 7.44. The molecule has 1 fully saturated rings. The Labute approximate surface area is 120 Å². The molecule has 4 nitrogen and oxygen atoms in total. The van der Waals surface area contributed by atoms with Crippen LogP contribution < -0.4 is 9.47 Å². The van der Waals surface area contributed by atoms with Gasteiger partial charge in [-0.1, -0.05) is 18.9 Å². The molecule has 1 heterocycles. The van der Waals surface area contributed by atoms with Crippen molar-refractivity contribution in [3.05, 3.63) is 23.8 Å². The number of fused-ring (bicyclic) bond motifs is 1. The summed E-state index contributed by atoms with van der Waals surface area (Å²) in [6, 6.07) is 6.09. The molecule has 0 aromatic heterocycles. The fourth-order valence-electron chi connectivity index (χ4n) is 3.25. The van der Waals surface area contributed by atoms with E-state index in [2.05, 4.69) is 18.0 Å². The van der Waals surface area contributed by atoms with Crippen LogP contribution in [-0.2, 0) is 6.54 Å². The standard InChI is InChI=1S/C16H23NO3/c1-17(12-16(18)6-2-3-7-16)11-13-4-5-14-15(10-13)20-9-8-19-14/h4-5,10,18H,2-3,6-9,11-12H2,1H3. The SMILES string of the molecule is CN(Cc1ccc2c(c1)OCCO2)CC1(O)CCCC1. The van der Waals surface area contributed by atoms with Crippen molar-refractivity contribution in [1.82, 2.24) is 4.90 Å². The normalized spacial score (nSPS) is 20.4. The Morgan fingerprint density at radius 3 is 2.60 bits per heavy atom. The summed E-state index contributed by atoms with van der Waals surface area (Å²) in [4.78, 5) is 2.19. The molecule has 1 aromatic carbocycles. The van der Waals surface area contributed by atoms with Gasteiger partial charge < -0.3 is 14.6 Å². The molecule has 1 aromatic rings. The van der Waals surface area contributed by atoms with Crippen molar-refractivity contribution in [3.8, 4) is 11.5 Å². The van der Waals surface area contributed by atoms with Crippen LogP contribution in [-0.4, -0.2) is 42.4 Å². The number of nitrogens with zero attached hydrogens (tertiary/aromatic N) is 1. The number of aliphatic hydroxyl groups is 1. The molecule has 0 amide bonds. The lowest BCUT2D eigenvalue weighted by Crippen LogP contribution is -2.38. The molecule has 0 bridgehead atoms. The Hall–Kier alpha value is -1.26. The highest BCUT2D eigenvalue weighted by Crippen LogP contribution is 2.32. The number of benzene rings is 1. The van der Waals surface area contributed by atoms with Crippen LogP contribution in [0.15, 0.2) is 18.2 Å². The summed E-state index contributed by atoms with van der Waals surface area (Å²) >= 11 is 0. The lowest BCUT2D eigenvalue weighted by Gasteiger charge is -2.29. The number of likely N-dealkylation sites (N-methyl/N-ethyl adjacent to an activating group) is 1. The molecule has 1 saturated carbocycles. The van der Waals surface area contributed by atoms with E-state index in [0.29, 0.717) is 13.2 Å². The van der Waals surface area contributed by atoms with Crippen LogP contribution in [0.3, 0.4) is 0 Å². The summed E-state index contributed by atoms with van der Waals surface area (Å²) in [5, 5.41) is 10.4. The van der Waals surface area contributed by atoms with Crippen molar-refractivity contribution in [2.45, 2.75) is 37.8 Å². The van der Waals surface area contributed by atoms with Gasteiger partial charge in [-0.25, -0.2) is 0 Å². The highest BCUT2D eigenvalue weighted by molar-refractivity contribution is 5.43. The van der Waals surface area contributed by atoms with Gasteiger partial charge in [0, 0.05) is 13.1 Å². The molecule has 0 spiro atoms. The number of ether oxygens (including phenoxy) is 2. The van der Waals surface area contributed by atoms with Crippen molar-refractivity contribution in [3.63, 3.8) is 0 Å². The number of hydrogen-bond donors (Lipinski definition) is 1. The molecule has 1 aliphatic carbocycles. The molecule has 1 aliphatic heterocycles. The molecule has 2 aliphatic rings. The molecule has 0 atom stereocenters. The molecular weight excluding hydrogens is 254 g/mol. The minimum atomic E-state index is -0.484. The molecule has 3 rings (SSSR count). The second kappa shape index (κ2) is 5.62. The lowest BCUT2D eigenvalue weighted by atomic mass is 10.0. The molecule has 0 unspecified atom stereocenters. The molecule has 0 saturated heterocycles. The van der Waals surface area contributed by atoms with Gasteiger partial charge in [-0.3, -0.25) is 4.90 Å². The Morgan fingerprint density at radius 2 is 1.85 bits per heavy atom. The predicted octanol–water partition coefficient (Wildman–Crippen LogP) is 2.19. The van der Waals surface area contributed by atoms with Gasteiger partial charge in [-0.2, -0.15) is 0 Å². The van der Waals surface area contributed by atoms with Crippen molar-refractivity contribution in [2.75, 3.05) is 26.8 Å². The minimum absolute atomic E-state index is 0.484. The third-order valence-corrected chi connectivity index (χ3v) is 4.16. The van der Waals surface area contributed by atoms with E-state index in [9.17, 15) is 5.11 Å². The third kappa shape index (κ3) is 3.07. The fourth-order valence-corrected chi connectivity index (χ4v) is 3.25. The zero-order valence-electron chi connectivity index (χ0n) is 12.1. The van der Waals surface area contributed by atoms with Crippen molar-refractivity contribution in [2.24, 2.45) is 0 Å². The summed E-state index contributed by atoms with van der Waals surface area (Å²) in [5.74, 6) is 1.67. The molecule has 0 radical (unpaired) electrons. The zero-order chi connectivity index (χ0) is 14.0. The van der Waals surface area contributed by atoms with Crippen LogP contribution >= 0.6 is 0 Å². The van der Waals surface area contributed by atoms with Crippen LogP contribution in [0.4, 0.5) is 0 Å². The molecule has 1 N–H and O–H groups in total. The van der Waals surface area contributed by atoms with Gasteiger partial charge in [0.15, 0.2) is 11.5 Å². The fraction of sp³-hybridized carbons (Fsp3) is 0.625. The highest BCUT2D eigenvalue weighted by atomic mass is 16.6. The van der Waals surface area contributed by atoms with E-state index in [1.807, 2.05) is 12.1 Å². The van der Waals surface area contributed by atoms with Crippen LogP contribution in [0.2, 0.25) is 0 Å². The quantitative estimate of drug-likeness (QED) is 0.916. The van der Waals surface area contributed by atoms with Crippen molar-refractivity contribution < 1.29 is 14.6 Å². The van der Waals surface area contributed by atoms with Gasteiger partial charge in [0.1, 0.15) is 13.2 Å². The van der Waals surface area contributed by atoms with Gasteiger partial charge in [-0.05, 0) is 37.6 Å². The lowest BCUT2D eigenvalue weighted by molar-refractivity contribution is 0.0145. The summed E-state index contributed by atoms with van der Waals surface area (Å²) in [5.41, 5.74) is 0.709. The van der Waals surface area contributed by atoms with Gasteiger partial charge in [0.2, 0.25) is 0 Å². The van der Waals surface area contributed by atoms with Gasteiger partial charge in [0.05, 0.1) is 5.60 Å². The second-order valence-corrected chi connectivity index (χ2v) is 6.08. The van der Waals surface area contributed by atoms with E-state index in [-0.39, 0.29) is 0 Å². The van der Waals surface area contributed by atoms with Crippen LogP contribution in [0.25, 0.3) is 0 Å². The minimum Gasteiger partial charge on any atom is -0.486 e.